The second kappa shape index (κ2) is 7.32. The molecule has 0 aromatic heterocycles. The van der Waals surface area contributed by atoms with Crippen molar-refractivity contribution < 1.29 is 9.94 Å². The number of oxime groups is 1. The Labute approximate surface area is 121 Å². The quantitative estimate of drug-likeness (QED) is 0.484. The molecule has 1 aliphatic carbocycles. The molecule has 1 aromatic carbocycles. The summed E-state index contributed by atoms with van der Waals surface area (Å²) in [4.78, 5) is 0. The molecule has 0 saturated heterocycles. The molecule has 0 spiro atoms. The van der Waals surface area contributed by atoms with Crippen molar-refractivity contribution in [2.24, 2.45) is 11.1 Å². The van der Waals surface area contributed by atoms with Gasteiger partial charge in [-0.1, -0.05) is 25.4 Å². The van der Waals surface area contributed by atoms with Crippen LogP contribution in [0.2, 0.25) is 0 Å². The number of benzene rings is 1. The van der Waals surface area contributed by atoms with Crippen molar-refractivity contribution in [3.8, 4) is 5.75 Å². The molecule has 3 nitrogen and oxygen atoms in total. The van der Waals surface area contributed by atoms with Crippen LogP contribution in [0, 0.1) is 5.92 Å². The van der Waals surface area contributed by atoms with Crippen molar-refractivity contribution in [3.63, 3.8) is 0 Å². The van der Waals surface area contributed by atoms with Gasteiger partial charge in [-0.15, -0.1) is 0 Å². The Morgan fingerprint density at radius 2 is 1.90 bits per heavy atom. The SMILES string of the molecule is CCC(=NO)c1ccc(OC2CCCCC2CC)cc1. The van der Waals surface area contributed by atoms with E-state index >= 15 is 0 Å². The van der Waals surface area contributed by atoms with Crippen LogP contribution in [0.1, 0.15) is 57.9 Å². The van der Waals surface area contributed by atoms with Crippen molar-refractivity contribution in [3.05, 3.63) is 29.8 Å². The zero-order valence-electron chi connectivity index (χ0n) is 12.5. The third-order valence-electron chi connectivity index (χ3n) is 4.29. The Morgan fingerprint density at radius 1 is 1.20 bits per heavy atom. The van der Waals surface area contributed by atoms with Gasteiger partial charge in [0.1, 0.15) is 11.9 Å². The minimum Gasteiger partial charge on any atom is -0.490 e. The van der Waals surface area contributed by atoms with Crippen molar-refractivity contribution >= 4 is 5.71 Å². The van der Waals surface area contributed by atoms with Crippen molar-refractivity contribution in [1.29, 1.82) is 0 Å². The van der Waals surface area contributed by atoms with E-state index in [4.69, 9.17) is 9.94 Å². The van der Waals surface area contributed by atoms with Gasteiger partial charge in [-0.25, -0.2) is 0 Å². The summed E-state index contributed by atoms with van der Waals surface area (Å²) >= 11 is 0. The van der Waals surface area contributed by atoms with E-state index < -0.39 is 0 Å². The van der Waals surface area contributed by atoms with Crippen LogP contribution >= 0.6 is 0 Å². The van der Waals surface area contributed by atoms with Crippen molar-refractivity contribution in [2.45, 2.75) is 58.5 Å². The largest absolute Gasteiger partial charge is 0.490 e. The molecule has 20 heavy (non-hydrogen) atoms. The van der Waals surface area contributed by atoms with Crippen LogP contribution in [0.15, 0.2) is 29.4 Å². The highest BCUT2D eigenvalue weighted by Crippen LogP contribution is 2.30. The molecule has 0 radical (unpaired) electrons. The van der Waals surface area contributed by atoms with Gasteiger partial charge in [-0.2, -0.15) is 0 Å². The standard InChI is InChI=1S/C17H25NO2/c1-3-13-7-5-6-8-17(13)20-15-11-9-14(10-12-15)16(4-2)18-19/h9-13,17,19H,3-8H2,1-2H3. The van der Waals surface area contributed by atoms with Gasteiger partial charge in [0.2, 0.25) is 0 Å². The van der Waals surface area contributed by atoms with Gasteiger partial charge in [0.05, 0.1) is 5.71 Å². The van der Waals surface area contributed by atoms with E-state index in [9.17, 15) is 0 Å². The first kappa shape index (κ1) is 14.9. The van der Waals surface area contributed by atoms with Gasteiger partial charge < -0.3 is 9.94 Å². The molecule has 1 saturated carbocycles. The van der Waals surface area contributed by atoms with Gasteiger partial charge in [-0.3, -0.25) is 0 Å². The maximum atomic E-state index is 8.93. The second-order valence-electron chi connectivity index (χ2n) is 5.53. The normalized spacial score (nSPS) is 23.6. The van der Waals surface area contributed by atoms with Crippen molar-refractivity contribution in [1.82, 2.24) is 0 Å². The molecule has 2 unspecified atom stereocenters. The third kappa shape index (κ3) is 3.53. The second-order valence-corrected chi connectivity index (χ2v) is 5.53. The molecule has 1 N–H and O–H groups in total. The molecular weight excluding hydrogens is 250 g/mol. The number of nitrogens with zero attached hydrogens (tertiary/aromatic N) is 1. The van der Waals surface area contributed by atoms with Gasteiger partial charge in [0.15, 0.2) is 0 Å². The summed E-state index contributed by atoms with van der Waals surface area (Å²) < 4.78 is 6.16. The summed E-state index contributed by atoms with van der Waals surface area (Å²) in [6.45, 7) is 4.23. The molecule has 0 aliphatic heterocycles. The van der Waals surface area contributed by atoms with E-state index in [1.54, 1.807) is 0 Å². The first-order valence-electron chi connectivity index (χ1n) is 7.76. The smallest absolute Gasteiger partial charge is 0.119 e. The maximum absolute atomic E-state index is 8.93. The highest BCUT2D eigenvalue weighted by molar-refractivity contribution is 6.00. The highest BCUT2D eigenvalue weighted by atomic mass is 16.5. The molecule has 0 amide bonds. The Hall–Kier alpha value is -1.51. The zero-order valence-corrected chi connectivity index (χ0v) is 12.5. The molecule has 1 fully saturated rings. The lowest BCUT2D eigenvalue weighted by atomic mass is 9.85. The van der Waals surface area contributed by atoms with E-state index in [-0.39, 0.29) is 0 Å². The molecule has 0 bridgehead atoms. The number of hydrogen-bond acceptors (Lipinski definition) is 3. The van der Waals surface area contributed by atoms with E-state index in [0.29, 0.717) is 17.7 Å². The van der Waals surface area contributed by atoms with Crippen LogP contribution in [0.4, 0.5) is 0 Å². The van der Waals surface area contributed by atoms with Crippen LogP contribution in [0.3, 0.4) is 0 Å². The molecule has 110 valence electrons. The Balaban J connectivity index is 2.03. The maximum Gasteiger partial charge on any atom is 0.119 e. The molecule has 3 heteroatoms. The zero-order chi connectivity index (χ0) is 14.4. The number of rotatable bonds is 5. The van der Waals surface area contributed by atoms with Gasteiger partial charge in [0.25, 0.3) is 0 Å². The first-order valence-corrected chi connectivity index (χ1v) is 7.76. The summed E-state index contributed by atoms with van der Waals surface area (Å²) in [6, 6.07) is 7.91. The fraction of sp³-hybridized carbons (Fsp3) is 0.588. The number of ether oxygens (including phenoxy) is 1. The van der Waals surface area contributed by atoms with Gasteiger partial charge in [0, 0.05) is 0 Å². The topological polar surface area (TPSA) is 41.8 Å². The summed E-state index contributed by atoms with van der Waals surface area (Å²) in [5.41, 5.74) is 1.67. The third-order valence-corrected chi connectivity index (χ3v) is 4.29. The first-order chi connectivity index (χ1) is 9.78. The minimum absolute atomic E-state index is 0.358. The molecule has 2 atom stereocenters. The summed E-state index contributed by atoms with van der Waals surface area (Å²) in [6.07, 6.45) is 7.34. The summed E-state index contributed by atoms with van der Waals surface area (Å²) in [5, 5.41) is 12.3. The van der Waals surface area contributed by atoms with Crippen molar-refractivity contribution in [2.75, 3.05) is 0 Å². The molecular formula is C17H25NO2. The Kier molecular flexibility index (Phi) is 5.45. The minimum atomic E-state index is 0.358. The lowest BCUT2D eigenvalue weighted by Gasteiger charge is -2.31. The highest BCUT2D eigenvalue weighted by Gasteiger charge is 2.25. The van der Waals surface area contributed by atoms with E-state index in [2.05, 4.69) is 12.1 Å². The number of hydrogen-bond donors (Lipinski definition) is 1. The summed E-state index contributed by atoms with van der Waals surface area (Å²) in [5.74, 6) is 1.61. The van der Waals surface area contributed by atoms with Crippen LogP contribution in [-0.2, 0) is 0 Å². The predicted octanol–water partition coefficient (Wildman–Crippen LogP) is 4.62. The average Bonchev–Trinajstić information content (AvgIpc) is 2.51. The average molecular weight is 275 g/mol. The predicted molar refractivity (Wildman–Crippen MR) is 81.7 cm³/mol. The monoisotopic (exact) mass is 275 g/mol. The van der Waals surface area contributed by atoms with Crippen LogP contribution < -0.4 is 4.74 Å². The van der Waals surface area contributed by atoms with E-state index in [0.717, 1.165) is 17.7 Å². The molecule has 0 heterocycles. The van der Waals surface area contributed by atoms with E-state index in [1.807, 2.05) is 31.2 Å². The van der Waals surface area contributed by atoms with Gasteiger partial charge in [-0.05, 0) is 67.9 Å². The molecule has 2 rings (SSSR count). The molecule has 1 aliphatic rings. The molecule has 1 aromatic rings. The van der Waals surface area contributed by atoms with Crippen LogP contribution in [0.5, 0.6) is 5.75 Å². The Bertz CT molecular complexity index is 439. The fourth-order valence-electron chi connectivity index (χ4n) is 3.03. The lowest BCUT2D eigenvalue weighted by Crippen LogP contribution is -2.29. The Morgan fingerprint density at radius 3 is 2.50 bits per heavy atom. The lowest BCUT2D eigenvalue weighted by molar-refractivity contribution is 0.0904. The van der Waals surface area contributed by atoms with E-state index in [1.165, 1.54) is 32.1 Å². The summed E-state index contributed by atoms with van der Waals surface area (Å²) in [7, 11) is 0. The fourth-order valence-corrected chi connectivity index (χ4v) is 3.03. The van der Waals surface area contributed by atoms with Crippen LogP contribution in [-0.4, -0.2) is 17.0 Å². The van der Waals surface area contributed by atoms with Crippen LogP contribution in [0.25, 0.3) is 0 Å². The van der Waals surface area contributed by atoms with Gasteiger partial charge >= 0.3 is 0 Å².